The van der Waals surface area contributed by atoms with Gasteiger partial charge in [-0.25, -0.2) is 9.97 Å². The lowest BCUT2D eigenvalue weighted by Gasteiger charge is -2.09. The average Bonchev–Trinajstić information content (AvgIpc) is 2.30. The Hall–Kier alpha value is -1.88. The molecule has 2 aromatic heterocycles. The molecule has 0 radical (unpaired) electrons. The number of aromatic nitrogens is 2. The van der Waals surface area contributed by atoms with Crippen LogP contribution >= 0.6 is 0 Å². The summed E-state index contributed by atoms with van der Waals surface area (Å²) in [6, 6.07) is 5.12. The number of nitrogens with zero attached hydrogens (tertiary/aromatic N) is 2. The molecule has 3 nitrogen and oxygen atoms in total. The highest BCUT2D eigenvalue weighted by molar-refractivity contribution is 5.25. The number of aliphatic hydroxyl groups excluding tert-OH is 1. The van der Waals surface area contributed by atoms with Crippen LogP contribution in [0.2, 0.25) is 0 Å². The summed E-state index contributed by atoms with van der Waals surface area (Å²) in [5.74, 6) is -1.23. The van der Waals surface area contributed by atoms with Crippen molar-refractivity contribution in [2.75, 3.05) is 0 Å². The fourth-order valence-electron chi connectivity index (χ4n) is 1.29. The first-order chi connectivity index (χ1) is 7.66. The van der Waals surface area contributed by atoms with Crippen molar-refractivity contribution in [2.45, 2.75) is 6.10 Å². The van der Waals surface area contributed by atoms with Gasteiger partial charge in [-0.05, 0) is 12.1 Å². The van der Waals surface area contributed by atoms with Gasteiger partial charge in [0.15, 0.2) is 0 Å². The zero-order valence-electron chi connectivity index (χ0n) is 8.14. The van der Waals surface area contributed by atoms with Crippen LogP contribution in [0.5, 0.6) is 0 Å². The predicted molar refractivity (Wildman–Crippen MR) is 52.5 cm³/mol. The van der Waals surface area contributed by atoms with Gasteiger partial charge < -0.3 is 5.11 Å². The molecule has 16 heavy (non-hydrogen) atoms. The molecule has 0 aliphatic heterocycles. The van der Waals surface area contributed by atoms with E-state index in [1.165, 1.54) is 24.5 Å². The molecule has 0 saturated heterocycles. The van der Waals surface area contributed by atoms with Crippen LogP contribution in [0.25, 0.3) is 0 Å². The van der Waals surface area contributed by atoms with Crippen molar-refractivity contribution < 1.29 is 13.9 Å². The summed E-state index contributed by atoms with van der Waals surface area (Å²) < 4.78 is 25.1. The van der Waals surface area contributed by atoms with Crippen molar-refractivity contribution >= 4 is 0 Å². The van der Waals surface area contributed by atoms with Gasteiger partial charge in [0.05, 0.1) is 0 Å². The van der Waals surface area contributed by atoms with E-state index in [-0.39, 0.29) is 0 Å². The zero-order chi connectivity index (χ0) is 11.5. The van der Waals surface area contributed by atoms with E-state index < -0.39 is 18.0 Å². The maximum Gasteiger partial charge on any atom is 0.212 e. The van der Waals surface area contributed by atoms with Gasteiger partial charge in [-0.1, -0.05) is 12.1 Å². The fourth-order valence-corrected chi connectivity index (χ4v) is 1.29. The SMILES string of the molecule is OC(c1ccc(F)nc1)c1ccc(F)nc1. The van der Waals surface area contributed by atoms with Crippen molar-refractivity contribution in [1.82, 2.24) is 9.97 Å². The Morgan fingerprint density at radius 2 is 1.31 bits per heavy atom. The van der Waals surface area contributed by atoms with Gasteiger partial charge >= 0.3 is 0 Å². The number of pyridine rings is 2. The van der Waals surface area contributed by atoms with E-state index in [1.54, 1.807) is 0 Å². The van der Waals surface area contributed by atoms with Gasteiger partial charge in [0.25, 0.3) is 0 Å². The Morgan fingerprint density at radius 3 is 1.62 bits per heavy atom. The molecule has 0 aromatic carbocycles. The second kappa shape index (κ2) is 4.32. The molecule has 5 heteroatoms. The first-order valence-corrected chi connectivity index (χ1v) is 4.58. The Kier molecular flexibility index (Phi) is 2.87. The molecule has 0 aliphatic rings. The zero-order valence-corrected chi connectivity index (χ0v) is 8.14. The Morgan fingerprint density at radius 1 is 0.875 bits per heavy atom. The predicted octanol–water partition coefficient (Wildman–Crippen LogP) is 1.84. The van der Waals surface area contributed by atoms with E-state index >= 15 is 0 Å². The number of hydrogen-bond donors (Lipinski definition) is 1. The van der Waals surface area contributed by atoms with Crippen molar-refractivity contribution in [1.29, 1.82) is 0 Å². The molecule has 0 spiro atoms. The Balaban J connectivity index is 2.28. The monoisotopic (exact) mass is 222 g/mol. The minimum Gasteiger partial charge on any atom is -0.384 e. The summed E-state index contributed by atoms with van der Waals surface area (Å²) in [4.78, 5) is 6.84. The topological polar surface area (TPSA) is 46.0 Å². The third-order valence-electron chi connectivity index (χ3n) is 2.13. The van der Waals surface area contributed by atoms with Crippen LogP contribution in [0, 0.1) is 11.9 Å². The second-order valence-corrected chi connectivity index (χ2v) is 3.23. The van der Waals surface area contributed by atoms with Crippen LogP contribution in [0.4, 0.5) is 8.78 Å². The van der Waals surface area contributed by atoms with Crippen LogP contribution in [0.15, 0.2) is 36.7 Å². The summed E-state index contributed by atoms with van der Waals surface area (Å²) in [5, 5.41) is 9.85. The lowest BCUT2D eigenvalue weighted by Crippen LogP contribution is -2.01. The summed E-state index contributed by atoms with van der Waals surface area (Å²) in [6.45, 7) is 0. The smallest absolute Gasteiger partial charge is 0.212 e. The molecule has 2 rings (SSSR count). The highest BCUT2D eigenvalue weighted by atomic mass is 19.1. The molecule has 0 atom stereocenters. The van der Waals surface area contributed by atoms with E-state index in [9.17, 15) is 13.9 Å². The molecule has 0 aliphatic carbocycles. The van der Waals surface area contributed by atoms with Gasteiger partial charge in [0, 0.05) is 23.5 Å². The highest BCUT2D eigenvalue weighted by Gasteiger charge is 2.11. The number of halogens is 2. The van der Waals surface area contributed by atoms with Crippen LogP contribution in [-0.4, -0.2) is 15.1 Å². The van der Waals surface area contributed by atoms with E-state index in [1.807, 2.05) is 0 Å². The van der Waals surface area contributed by atoms with E-state index in [2.05, 4.69) is 9.97 Å². The molecule has 0 bridgehead atoms. The molecular weight excluding hydrogens is 214 g/mol. The number of hydrogen-bond acceptors (Lipinski definition) is 3. The number of rotatable bonds is 2. The molecule has 0 saturated carbocycles. The van der Waals surface area contributed by atoms with Crippen molar-refractivity contribution in [3.8, 4) is 0 Å². The first-order valence-electron chi connectivity index (χ1n) is 4.58. The van der Waals surface area contributed by atoms with Crippen LogP contribution in [0.3, 0.4) is 0 Å². The molecule has 0 unspecified atom stereocenters. The van der Waals surface area contributed by atoms with Crippen LogP contribution in [-0.2, 0) is 0 Å². The standard InChI is InChI=1S/C11H8F2N2O/c12-9-3-1-7(5-14-9)11(16)8-2-4-10(13)15-6-8/h1-6,11,16H. The Labute approximate surface area is 90.4 Å². The van der Waals surface area contributed by atoms with Gasteiger partial charge in [0.2, 0.25) is 11.9 Å². The van der Waals surface area contributed by atoms with Crippen molar-refractivity contribution in [3.05, 3.63) is 59.7 Å². The largest absolute Gasteiger partial charge is 0.384 e. The van der Waals surface area contributed by atoms with E-state index in [4.69, 9.17) is 0 Å². The van der Waals surface area contributed by atoms with E-state index in [0.29, 0.717) is 11.1 Å². The molecule has 1 N–H and O–H groups in total. The highest BCUT2D eigenvalue weighted by Crippen LogP contribution is 2.20. The van der Waals surface area contributed by atoms with Gasteiger partial charge in [-0.3, -0.25) is 0 Å². The maximum absolute atomic E-state index is 12.6. The summed E-state index contributed by atoms with van der Waals surface area (Å²) in [6.07, 6.45) is 1.47. The lowest BCUT2D eigenvalue weighted by atomic mass is 10.1. The minimum absolute atomic E-state index is 0.426. The van der Waals surface area contributed by atoms with Gasteiger partial charge in [-0.2, -0.15) is 8.78 Å². The van der Waals surface area contributed by atoms with Crippen LogP contribution in [0.1, 0.15) is 17.2 Å². The minimum atomic E-state index is -0.985. The summed E-state index contributed by atoms with van der Waals surface area (Å²) in [5.41, 5.74) is 0.851. The van der Waals surface area contributed by atoms with Gasteiger partial charge in [0.1, 0.15) is 6.10 Å². The van der Waals surface area contributed by atoms with Gasteiger partial charge in [-0.15, -0.1) is 0 Å². The third kappa shape index (κ3) is 2.20. The summed E-state index contributed by atoms with van der Waals surface area (Å²) >= 11 is 0. The second-order valence-electron chi connectivity index (χ2n) is 3.23. The molecular formula is C11H8F2N2O. The van der Waals surface area contributed by atoms with Crippen molar-refractivity contribution in [3.63, 3.8) is 0 Å². The summed E-state index contributed by atoms with van der Waals surface area (Å²) in [7, 11) is 0. The lowest BCUT2D eigenvalue weighted by molar-refractivity contribution is 0.219. The average molecular weight is 222 g/mol. The number of aliphatic hydroxyl groups is 1. The first kappa shape index (κ1) is 10.6. The maximum atomic E-state index is 12.6. The normalized spacial score (nSPS) is 10.8. The van der Waals surface area contributed by atoms with Crippen molar-refractivity contribution in [2.24, 2.45) is 0 Å². The van der Waals surface area contributed by atoms with E-state index in [0.717, 1.165) is 12.1 Å². The quantitative estimate of drug-likeness (QED) is 0.788. The molecule has 82 valence electrons. The third-order valence-corrected chi connectivity index (χ3v) is 2.13. The molecule has 0 fully saturated rings. The Bertz CT molecular complexity index is 425. The molecule has 2 aromatic rings. The fraction of sp³-hybridized carbons (Fsp3) is 0.0909. The van der Waals surface area contributed by atoms with Crippen LogP contribution < -0.4 is 0 Å². The molecule has 2 heterocycles. The molecule has 0 amide bonds.